The molecule has 0 amide bonds. The van der Waals surface area contributed by atoms with Crippen LogP contribution in [0.5, 0.6) is 5.75 Å². The fourth-order valence-corrected chi connectivity index (χ4v) is 3.90. The van der Waals surface area contributed by atoms with Gasteiger partial charge in [-0.05, 0) is 62.9 Å². The molecular formula is C23H26N4O4. The Morgan fingerprint density at radius 2 is 2.10 bits per heavy atom. The topological polar surface area (TPSA) is 124 Å². The molecule has 162 valence electrons. The first-order valence-corrected chi connectivity index (χ1v) is 10.3. The van der Waals surface area contributed by atoms with E-state index in [-0.39, 0.29) is 12.1 Å². The van der Waals surface area contributed by atoms with Crippen molar-refractivity contribution in [3.05, 3.63) is 47.5 Å². The summed E-state index contributed by atoms with van der Waals surface area (Å²) in [5.41, 5.74) is 10.4. The maximum Gasteiger partial charge on any atom is 0.320 e. The molecular weight excluding hydrogens is 396 g/mol. The molecule has 4 N–H and O–H groups in total. The molecule has 0 aliphatic heterocycles. The molecule has 0 saturated carbocycles. The number of nitrogens with two attached hydrogens (primary N) is 1. The van der Waals surface area contributed by atoms with Gasteiger partial charge in [-0.25, -0.2) is 0 Å². The predicted molar refractivity (Wildman–Crippen MR) is 117 cm³/mol. The maximum absolute atomic E-state index is 11.2. The van der Waals surface area contributed by atoms with Crippen LogP contribution in [0, 0.1) is 0 Å². The zero-order chi connectivity index (χ0) is 22.1. The van der Waals surface area contributed by atoms with Crippen LogP contribution in [0.25, 0.3) is 22.8 Å². The Balaban J connectivity index is 1.60. The summed E-state index contributed by atoms with van der Waals surface area (Å²) < 4.78 is 11.2. The summed E-state index contributed by atoms with van der Waals surface area (Å²) in [4.78, 5) is 15.8. The summed E-state index contributed by atoms with van der Waals surface area (Å²) in [6, 6.07) is 10.7. The highest BCUT2D eigenvalue weighted by molar-refractivity contribution is 5.73. The summed E-state index contributed by atoms with van der Waals surface area (Å²) in [5.74, 6) is 0.632. The molecule has 4 rings (SSSR count). The van der Waals surface area contributed by atoms with Crippen molar-refractivity contribution in [2.24, 2.45) is 0 Å². The van der Waals surface area contributed by atoms with E-state index in [4.69, 9.17) is 15.0 Å². The summed E-state index contributed by atoms with van der Waals surface area (Å²) in [5, 5.41) is 16.6. The van der Waals surface area contributed by atoms with Crippen molar-refractivity contribution in [1.29, 1.82) is 0 Å². The normalized spacial score (nSPS) is 16.3. The Hall–Kier alpha value is -3.39. The highest BCUT2D eigenvalue weighted by atomic mass is 16.5. The molecule has 0 fully saturated rings. The molecule has 0 spiro atoms. The van der Waals surface area contributed by atoms with Crippen molar-refractivity contribution in [2.75, 3.05) is 5.73 Å². The van der Waals surface area contributed by atoms with Crippen molar-refractivity contribution < 1.29 is 19.2 Å². The number of fused-ring (bicyclic) bond motifs is 1. The maximum atomic E-state index is 11.2. The molecule has 0 unspecified atom stereocenters. The second-order valence-electron chi connectivity index (χ2n) is 8.03. The number of anilines is 1. The summed E-state index contributed by atoms with van der Waals surface area (Å²) in [6.07, 6.45) is 1.66. The van der Waals surface area contributed by atoms with Crippen LogP contribution < -0.4 is 15.8 Å². The highest BCUT2D eigenvalue weighted by Gasteiger charge is 2.28. The third-order valence-electron chi connectivity index (χ3n) is 5.38. The van der Waals surface area contributed by atoms with E-state index in [0.717, 1.165) is 35.1 Å². The van der Waals surface area contributed by atoms with Gasteiger partial charge in [0, 0.05) is 17.2 Å². The lowest BCUT2D eigenvalue weighted by molar-refractivity contribution is -0.139. The van der Waals surface area contributed by atoms with E-state index in [1.54, 1.807) is 19.1 Å². The zero-order valence-electron chi connectivity index (χ0n) is 17.8. The smallest absolute Gasteiger partial charge is 0.320 e. The first kappa shape index (κ1) is 20.9. The second-order valence-corrected chi connectivity index (χ2v) is 8.03. The molecule has 1 aliphatic carbocycles. The van der Waals surface area contributed by atoms with E-state index in [1.807, 2.05) is 38.1 Å². The molecule has 3 aromatic rings. The number of carboxylic acid groups (broad SMARTS) is 1. The third kappa shape index (κ3) is 4.25. The Morgan fingerprint density at radius 3 is 2.81 bits per heavy atom. The van der Waals surface area contributed by atoms with Crippen LogP contribution in [-0.4, -0.2) is 33.4 Å². The van der Waals surface area contributed by atoms with Crippen molar-refractivity contribution in [3.8, 4) is 28.6 Å². The van der Waals surface area contributed by atoms with Gasteiger partial charge in [0.1, 0.15) is 11.8 Å². The summed E-state index contributed by atoms with van der Waals surface area (Å²) in [7, 11) is 0. The lowest BCUT2D eigenvalue weighted by Crippen LogP contribution is -2.35. The first-order chi connectivity index (χ1) is 14.8. The number of benzene rings is 2. The number of nitrogens with one attached hydrogen (secondary N) is 1. The van der Waals surface area contributed by atoms with E-state index in [9.17, 15) is 9.90 Å². The number of carboxylic acids is 1. The number of hydrogen-bond acceptors (Lipinski definition) is 7. The van der Waals surface area contributed by atoms with Crippen molar-refractivity contribution >= 4 is 11.7 Å². The molecule has 0 saturated heterocycles. The van der Waals surface area contributed by atoms with Gasteiger partial charge in [-0.15, -0.1) is 0 Å². The van der Waals surface area contributed by atoms with Crippen LogP contribution in [-0.2, 0) is 11.2 Å². The lowest BCUT2D eigenvalue weighted by atomic mass is 10.0. The zero-order valence-corrected chi connectivity index (χ0v) is 17.8. The van der Waals surface area contributed by atoms with E-state index >= 15 is 0 Å². The molecule has 8 heteroatoms. The van der Waals surface area contributed by atoms with Crippen molar-refractivity contribution in [3.63, 3.8) is 0 Å². The summed E-state index contributed by atoms with van der Waals surface area (Å²) in [6.45, 7) is 5.54. The molecule has 0 radical (unpaired) electrons. The van der Waals surface area contributed by atoms with Gasteiger partial charge in [0.25, 0.3) is 5.89 Å². The Labute approximate surface area is 180 Å². The number of carbonyl (C=O) groups is 1. The van der Waals surface area contributed by atoms with Crippen LogP contribution in [0.2, 0.25) is 0 Å². The molecule has 1 aromatic heterocycles. The average Bonchev–Trinajstić information content (AvgIpc) is 3.37. The van der Waals surface area contributed by atoms with Crippen molar-refractivity contribution in [2.45, 2.75) is 51.8 Å². The monoisotopic (exact) mass is 422 g/mol. The second kappa shape index (κ2) is 8.39. The van der Waals surface area contributed by atoms with Crippen LogP contribution in [0.15, 0.2) is 40.9 Å². The van der Waals surface area contributed by atoms with Gasteiger partial charge in [0.05, 0.1) is 11.8 Å². The van der Waals surface area contributed by atoms with E-state index < -0.39 is 12.0 Å². The Kier molecular flexibility index (Phi) is 5.65. The van der Waals surface area contributed by atoms with Gasteiger partial charge in [0.15, 0.2) is 0 Å². The largest absolute Gasteiger partial charge is 0.489 e. The number of nitrogens with zero attached hydrogens (tertiary/aromatic N) is 2. The number of hydrogen-bond donors (Lipinski definition) is 3. The fraction of sp³-hybridized carbons (Fsp3) is 0.348. The Morgan fingerprint density at radius 1 is 1.29 bits per heavy atom. The number of aromatic nitrogens is 2. The van der Waals surface area contributed by atoms with Gasteiger partial charge in [0.2, 0.25) is 5.82 Å². The predicted octanol–water partition coefficient (Wildman–Crippen LogP) is 3.82. The fourth-order valence-electron chi connectivity index (χ4n) is 3.90. The molecule has 31 heavy (non-hydrogen) atoms. The number of aliphatic carboxylic acids is 1. The number of ether oxygens (including phenoxy) is 1. The molecule has 2 atom stereocenters. The Bertz CT molecular complexity index is 1110. The molecule has 8 nitrogen and oxygen atoms in total. The molecule has 1 heterocycles. The molecule has 2 aromatic carbocycles. The van der Waals surface area contributed by atoms with Crippen LogP contribution in [0.1, 0.15) is 44.4 Å². The van der Waals surface area contributed by atoms with E-state index in [0.29, 0.717) is 23.2 Å². The van der Waals surface area contributed by atoms with Crippen molar-refractivity contribution in [1.82, 2.24) is 15.5 Å². The number of rotatable bonds is 7. The quantitative estimate of drug-likeness (QED) is 0.491. The van der Waals surface area contributed by atoms with Gasteiger partial charge in [-0.2, -0.15) is 4.98 Å². The average molecular weight is 422 g/mol. The molecule has 1 aliphatic rings. The summed E-state index contributed by atoms with van der Waals surface area (Å²) >= 11 is 0. The lowest BCUT2D eigenvalue weighted by Gasteiger charge is -2.17. The highest BCUT2D eigenvalue weighted by Crippen LogP contribution is 2.38. The van der Waals surface area contributed by atoms with E-state index in [2.05, 4.69) is 15.5 Å². The van der Waals surface area contributed by atoms with Crippen LogP contribution >= 0.6 is 0 Å². The number of nitrogen functional groups attached to an aromatic ring is 1. The SMILES string of the molecule is CC(C)Oc1ccc(-c2nc(-c3cccc4c3CC[C@H]4N[C@H](C)C(=O)O)no2)cc1N. The third-order valence-corrected chi connectivity index (χ3v) is 5.38. The minimum absolute atomic E-state index is 0.0132. The molecule has 0 bridgehead atoms. The first-order valence-electron chi connectivity index (χ1n) is 10.3. The van der Waals surface area contributed by atoms with Gasteiger partial charge in [-0.3, -0.25) is 10.1 Å². The minimum Gasteiger partial charge on any atom is -0.489 e. The standard InChI is InChI=1S/C23H26N4O4/c1-12(2)30-20-10-7-14(11-18(20)24)22-26-21(27-31-22)17-6-4-5-16-15(17)8-9-19(16)25-13(3)23(28)29/h4-7,10-13,19,25H,8-9,24H2,1-3H3,(H,28,29)/t13-,19-/m1/s1. The van der Waals surface area contributed by atoms with E-state index in [1.165, 1.54) is 0 Å². The minimum atomic E-state index is -0.864. The van der Waals surface area contributed by atoms with Gasteiger partial charge in [-0.1, -0.05) is 23.4 Å². The van der Waals surface area contributed by atoms with Gasteiger partial charge >= 0.3 is 5.97 Å². The van der Waals surface area contributed by atoms with Gasteiger partial charge < -0.3 is 20.1 Å². The van der Waals surface area contributed by atoms with Crippen LogP contribution in [0.3, 0.4) is 0 Å². The van der Waals surface area contributed by atoms with Crippen LogP contribution in [0.4, 0.5) is 5.69 Å².